The van der Waals surface area contributed by atoms with Gasteiger partial charge in [-0.15, -0.1) is 0 Å². The fraction of sp³-hybridized carbons (Fsp3) is 0.167. The Morgan fingerprint density at radius 1 is 0.621 bits per heavy atom. The van der Waals surface area contributed by atoms with Gasteiger partial charge < -0.3 is 23.7 Å². The van der Waals surface area contributed by atoms with Crippen molar-refractivity contribution in [1.29, 1.82) is 0 Å². The van der Waals surface area contributed by atoms with Crippen molar-refractivity contribution in [3.8, 4) is 34.8 Å². The van der Waals surface area contributed by atoms with Crippen LogP contribution in [0.3, 0.4) is 0 Å². The summed E-state index contributed by atoms with van der Waals surface area (Å²) in [6, 6.07) is 9.84. The highest BCUT2D eigenvalue weighted by molar-refractivity contribution is 5.94. The van der Waals surface area contributed by atoms with E-state index in [0.29, 0.717) is 0 Å². The summed E-state index contributed by atoms with van der Waals surface area (Å²) in [5, 5.41) is 0. The summed E-state index contributed by atoms with van der Waals surface area (Å²) in [5.41, 5.74) is -6.81. The largest absolute Gasteiger partial charge is 0.428 e. The van der Waals surface area contributed by atoms with Gasteiger partial charge in [0.1, 0.15) is 28.4 Å². The summed E-state index contributed by atoms with van der Waals surface area (Å²) >= 11 is 0. The maximum absolute atomic E-state index is 15.2. The summed E-state index contributed by atoms with van der Waals surface area (Å²) in [7, 11) is 0. The number of hydrogen-bond donors (Lipinski definition) is 0. The van der Waals surface area contributed by atoms with Crippen LogP contribution in [-0.2, 0) is 30.1 Å². The normalized spacial score (nSPS) is 11.3. The molecule has 3 rings (SSSR count). The van der Waals surface area contributed by atoms with Crippen molar-refractivity contribution in [2.75, 3.05) is 0 Å². The number of alkyl halides is 6. The number of carbonyl (C=O) groups is 5. The van der Waals surface area contributed by atoms with E-state index < -0.39 is 87.3 Å². The fourth-order valence-corrected chi connectivity index (χ4v) is 4.32. The van der Waals surface area contributed by atoms with Gasteiger partial charge in [-0.25, -0.2) is 24.0 Å². The highest BCUT2D eigenvalue weighted by Gasteiger charge is 2.44. The molecule has 10 nitrogen and oxygen atoms in total. The van der Waals surface area contributed by atoms with E-state index in [1.807, 2.05) is 0 Å². The van der Waals surface area contributed by atoms with E-state index in [-0.39, 0.29) is 39.3 Å². The van der Waals surface area contributed by atoms with Gasteiger partial charge in [-0.05, 0) is 89.2 Å². The van der Waals surface area contributed by atoms with Gasteiger partial charge in [0, 0.05) is 33.4 Å². The van der Waals surface area contributed by atoms with E-state index in [9.17, 15) is 37.1 Å². The third kappa shape index (κ3) is 11.7. The van der Waals surface area contributed by atoms with E-state index in [1.54, 1.807) is 0 Å². The number of ether oxygens (including phenoxy) is 5. The van der Waals surface area contributed by atoms with Crippen molar-refractivity contribution < 1.29 is 74.0 Å². The second kappa shape index (κ2) is 18.2. The minimum Gasteiger partial charge on any atom is -0.428 e. The average Bonchev–Trinajstić information content (AvgIpc) is 3.12. The molecular formula is C42H32F6O10. The monoisotopic (exact) mass is 810 g/mol. The first-order chi connectivity index (χ1) is 26.8. The van der Waals surface area contributed by atoms with Crippen molar-refractivity contribution in [2.45, 2.75) is 47.0 Å². The Kier molecular flexibility index (Phi) is 14.2. The molecule has 0 aliphatic rings. The Bertz CT molecular complexity index is 2330. The summed E-state index contributed by atoms with van der Waals surface area (Å²) in [5.74, 6) is -4.40. The van der Waals surface area contributed by atoms with Crippen LogP contribution in [0.5, 0.6) is 23.0 Å². The lowest BCUT2D eigenvalue weighted by molar-refractivity contribution is -0.146. The van der Waals surface area contributed by atoms with E-state index in [1.165, 1.54) is 69.3 Å². The predicted molar refractivity (Wildman–Crippen MR) is 196 cm³/mol. The molecule has 0 unspecified atom stereocenters. The lowest BCUT2D eigenvalue weighted by atomic mass is 9.94. The van der Waals surface area contributed by atoms with Crippen molar-refractivity contribution in [3.63, 3.8) is 0 Å². The maximum atomic E-state index is 15.2. The van der Waals surface area contributed by atoms with Crippen LogP contribution in [0.4, 0.5) is 26.3 Å². The van der Waals surface area contributed by atoms with Crippen molar-refractivity contribution >= 4 is 35.9 Å². The van der Waals surface area contributed by atoms with Gasteiger partial charge >= 0.3 is 42.2 Å². The number of rotatable bonds is 11. The smallest absolute Gasteiger partial charge is 0.422 e. The zero-order valence-corrected chi connectivity index (χ0v) is 31.4. The Hall–Kier alpha value is -7.15. The summed E-state index contributed by atoms with van der Waals surface area (Å²) in [6.07, 6.45) is -10.3. The first-order valence-electron chi connectivity index (χ1n) is 16.3. The minimum atomic E-state index is -5.60. The lowest BCUT2D eigenvalue weighted by Gasteiger charge is -2.23. The quantitative estimate of drug-likeness (QED) is 0.0462. The maximum Gasteiger partial charge on any atom is 0.422 e. The van der Waals surface area contributed by atoms with Crippen LogP contribution >= 0.6 is 0 Å². The molecule has 0 aromatic heterocycles. The molecule has 302 valence electrons. The molecule has 0 saturated carbocycles. The molecule has 3 aromatic rings. The van der Waals surface area contributed by atoms with Crippen molar-refractivity contribution in [1.82, 2.24) is 0 Å². The third-order valence-corrected chi connectivity index (χ3v) is 7.30. The van der Waals surface area contributed by atoms with Gasteiger partial charge in [-0.2, -0.15) is 26.3 Å². The van der Waals surface area contributed by atoms with Crippen molar-refractivity contribution in [3.05, 3.63) is 136 Å². The Morgan fingerprint density at radius 2 is 1.07 bits per heavy atom. The van der Waals surface area contributed by atoms with E-state index in [4.69, 9.17) is 23.7 Å². The zero-order valence-electron chi connectivity index (χ0n) is 31.4. The van der Waals surface area contributed by atoms with Crippen LogP contribution in [0.25, 0.3) is 6.08 Å². The van der Waals surface area contributed by atoms with Crippen LogP contribution in [0.1, 0.15) is 65.9 Å². The standard InChI is InChI=1S/C42H32F6O10/c1-21(2)36(49)55-29-15-10-27(11-16-29)12-19-31-33(42(46,47)48)35(58-39(52)26(9)41(43,44)45)32(25(8)34(31)57-38(51)23(5)6)20-24(7)54-40(53)28-13-17-30(18-14-28)56-37(50)22(3)4/h10-11,13-18,20H,1,3,5,9H2,2,4,6-8H3. The SMILES string of the molecule is C=C(C)C(=O)Oc1ccc(C#Cc2c(OC(=O)C(=C)C)c(C)c(C=C(C)OC(=O)c3ccc(OC(=O)C(=C)C)cc3)c(OC(=O)C(=C)C(F)(F)F)c2C(F)(F)F)cc1. The van der Waals surface area contributed by atoms with Gasteiger partial charge in [0.2, 0.25) is 0 Å². The van der Waals surface area contributed by atoms with Gasteiger partial charge in [0.15, 0.2) is 11.5 Å². The van der Waals surface area contributed by atoms with Gasteiger partial charge in [-0.3, -0.25) is 0 Å². The lowest BCUT2D eigenvalue weighted by Crippen LogP contribution is -2.25. The van der Waals surface area contributed by atoms with Crippen molar-refractivity contribution in [2.24, 2.45) is 0 Å². The Morgan fingerprint density at radius 3 is 1.52 bits per heavy atom. The number of hydrogen-bond acceptors (Lipinski definition) is 10. The van der Waals surface area contributed by atoms with E-state index >= 15 is 13.2 Å². The molecule has 0 saturated heterocycles. The molecule has 0 atom stereocenters. The fourth-order valence-electron chi connectivity index (χ4n) is 4.32. The van der Waals surface area contributed by atoms with Crippen LogP contribution < -0.4 is 18.9 Å². The molecule has 0 amide bonds. The Balaban J connectivity index is 2.32. The molecule has 3 aromatic carbocycles. The van der Waals surface area contributed by atoms with Crippen LogP contribution in [0.15, 0.2) is 103 Å². The molecule has 16 heteroatoms. The van der Waals surface area contributed by atoms with Crippen LogP contribution in [-0.4, -0.2) is 36.0 Å². The van der Waals surface area contributed by atoms with Gasteiger partial charge in [0.05, 0.1) is 11.1 Å². The topological polar surface area (TPSA) is 132 Å². The molecule has 0 N–H and O–H groups in total. The second-order valence-electron chi connectivity index (χ2n) is 12.3. The van der Waals surface area contributed by atoms with Crippen LogP contribution in [0.2, 0.25) is 0 Å². The summed E-state index contributed by atoms with van der Waals surface area (Å²) in [4.78, 5) is 62.2. The highest BCUT2D eigenvalue weighted by Crippen LogP contribution is 2.48. The van der Waals surface area contributed by atoms with Gasteiger partial charge in [-0.1, -0.05) is 38.2 Å². The molecule has 0 aliphatic carbocycles. The third-order valence-electron chi connectivity index (χ3n) is 7.30. The number of halogens is 6. The first kappa shape index (κ1) is 45.2. The van der Waals surface area contributed by atoms with Crippen LogP contribution in [0, 0.1) is 18.8 Å². The molecule has 0 aliphatic heterocycles. The molecular weight excluding hydrogens is 778 g/mol. The second-order valence-corrected chi connectivity index (χ2v) is 12.3. The molecule has 0 spiro atoms. The number of benzene rings is 3. The van der Waals surface area contributed by atoms with E-state index in [0.717, 1.165) is 19.9 Å². The summed E-state index contributed by atoms with van der Waals surface area (Å²) in [6.45, 7) is 19.0. The molecule has 0 radical (unpaired) electrons. The molecule has 58 heavy (non-hydrogen) atoms. The first-order valence-corrected chi connectivity index (χ1v) is 16.3. The predicted octanol–water partition coefficient (Wildman–Crippen LogP) is 9.10. The Labute approximate surface area is 327 Å². The average molecular weight is 811 g/mol. The highest BCUT2D eigenvalue weighted by atomic mass is 19.4. The molecule has 0 heterocycles. The number of esters is 5. The molecule has 0 fully saturated rings. The van der Waals surface area contributed by atoms with E-state index in [2.05, 4.69) is 38.2 Å². The summed E-state index contributed by atoms with van der Waals surface area (Å²) < 4.78 is 112. The minimum absolute atomic E-state index is 0.0100. The van der Waals surface area contributed by atoms with Gasteiger partial charge in [0.25, 0.3) is 0 Å². The number of allylic oxidation sites excluding steroid dienone is 1. The molecule has 0 bridgehead atoms. The zero-order chi connectivity index (χ0) is 43.9. The number of carbonyl (C=O) groups excluding carboxylic acids is 5.